The Morgan fingerprint density at radius 3 is 2.79 bits per heavy atom. The summed E-state index contributed by atoms with van der Waals surface area (Å²) < 4.78 is 6.08. The molecule has 1 saturated heterocycles. The highest BCUT2D eigenvalue weighted by Gasteiger charge is 2.35. The molecule has 1 aliphatic heterocycles. The number of rotatable bonds is 6. The van der Waals surface area contributed by atoms with E-state index in [0.717, 1.165) is 61.8 Å². The van der Waals surface area contributed by atoms with Gasteiger partial charge in [-0.05, 0) is 36.8 Å². The largest absolute Gasteiger partial charge is 0.377 e. The Hall–Kier alpha value is -1.35. The summed E-state index contributed by atoms with van der Waals surface area (Å²) in [5.74, 6) is 2.42. The molecule has 3 N–H and O–H groups in total. The van der Waals surface area contributed by atoms with Crippen molar-refractivity contribution in [2.24, 2.45) is 16.3 Å². The molecule has 6 nitrogen and oxygen atoms in total. The summed E-state index contributed by atoms with van der Waals surface area (Å²) in [6.45, 7) is 9.43. The molecule has 3 rings (SSSR count). The minimum atomic E-state index is 0. The third kappa shape index (κ3) is 6.84. The summed E-state index contributed by atoms with van der Waals surface area (Å²) in [7, 11) is 1.83. The van der Waals surface area contributed by atoms with Crippen molar-refractivity contribution in [2.75, 3.05) is 26.7 Å². The lowest BCUT2D eigenvalue weighted by Gasteiger charge is -2.40. The maximum absolute atomic E-state index is 6.08. The number of nitrogens with one attached hydrogen (secondary N) is 3. The molecule has 1 fully saturated rings. The predicted molar refractivity (Wildman–Crippen MR) is 131 cm³/mol. The number of aliphatic imine (C=N–C) groups is 1. The lowest BCUT2D eigenvalue weighted by atomic mass is 9.78. The topological polar surface area (TPSA) is 74.3 Å². The maximum atomic E-state index is 6.08. The van der Waals surface area contributed by atoms with Crippen LogP contribution in [0.4, 0.5) is 0 Å². The molecule has 0 spiro atoms. The monoisotopic (exact) mass is 513 g/mol. The van der Waals surface area contributed by atoms with E-state index in [0.29, 0.717) is 12.0 Å². The number of fused-ring (bicyclic) bond motifs is 1. The molecule has 0 radical (unpaired) electrons. The van der Waals surface area contributed by atoms with Gasteiger partial charge in [0, 0.05) is 39.1 Å². The van der Waals surface area contributed by atoms with Gasteiger partial charge in [-0.15, -0.1) is 24.0 Å². The average Bonchev–Trinajstić information content (AvgIpc) is 3.10. The molecule has 2 heterocycles. The first kappa shape index (κ1) is 23.9. The van der Waals surface area contributed by atoms with Crippen LogP contribution in [-0.4, -0.2) is 48.8 Å². The summed E-state index contributed by atoms with van der Waals surface area (Å²) in [6, 6.07) is 8.16. The number of ether oxygens (including phenoxy) is 1. The van der Waals surface area contributed by atoms with Crippen molar-refractivity contribution < 1.29 is 4.74 Å². The highest BCUT2D eigenvalue weighted by Crippen LogP contribution is 2.33. The number of aromatic nitrogens is 2. The predicted octanol–water partition coefficient (Wildman–Crippen LogP) is 4.12. The summed E-state index contributed by atoms with van der Waals surface area (Å²) >= 11 is 0. The molecule has 0 saturated carbocycles. The standard InChI is InChI=1S/C22H35N5O.HI/c1-22(2,3)20-16(9-8-14-28-20)15-25-21(23-4)24-13-7-12-19-26-17-10-5-6-11-18(17)27-19;/h5-6,10-11,16,20H,7-9,12-15H2,1-4H3,(H,26,27)(H2,23,24,25);1H. The van der Waals surface area contributed by atoms with Crippen molar-refractivity contribution >= 4 is 41.0 Å². The van der Waals surface area contributed by atoms with Gasteiger partial charge in [0.15, 0.2) is 5.96 Å². The molecule has 1 aromatic carbocycles. The fourth-order valence-corrected chi connectivity index (χ4v) is 4.04. The van der Waals surface area contributed by atoms with Crippen LogP contribution in [0, 0.1) is 11.3 Å². The zero-order valence-electron chi connectivity index (χ0n) is 18.1. The lowest BCUT2D eigenvalue weighted by Crippen LogP contribution is -2.47. The zero-order valence-corrected chi connectivity index (χ0v) is 20.5. The minimum Gasteiger partial charge on any atom is -0.377 e. The van der Waals surface area contributed by atoms with E-state index >= 15 is 0 Å². The molecular formula is C22H36IN5O. The Morgan fingerprint density at radius 1 is 1.28 bits per heavy atom. The van der Waals surface area contributed by atoms with Crippen LogP contribution in [0.15, 0.2) is 29.3 Å². The van der Waals surface area contributed by atoms with E-state index in [1.54, 1.807) is 0 Å². The number of benzene rings is 1. The second-order valence-corrected chi connectivity index (χ2v) is 8.74. The number of imidazole rings is 1. The van der Waals surface area contributed by atoms with Crippen LogP contribution in [0.3, 0.4) is 0 Å². The van der Waals surface area contributed by atoms with Crippen LogP contribution in [0.25, 0.3) is 11.0 Å². The van der Waals surface area contributed by atoms with Crippen LogP contribution in [-0.2, 0) is 11.2 Å². The number of hydrogen-bond donors (Lipinski definition) is 3. The van der Waals surface area contributed by atoms with Crippen LogP contribution < -0.4 is 10.6 Å². The molecule has 1 aromatic heterocycles. The summed E-state index contributed by atoms with van der Waals surface area (Å²) in [4.78, 5) is 12.4. The van der Waals surface area contributed by atoms with E-state index in [-0.39, 0.29) is 29.4 Å². The number of hydrogen-bond acceptors (Lipinski definition) is 3. The minimum absolute atomic E-state index is 0. The van der Waals surface area contributed by atoms with Gasteiger partial charge in [0.05, 0.1) is 17.1 Å². The van der Waals surface area contributed by atoms with E-state index in [4.69, 9.17) is 4.74 Å². The second-order valence-electron chi connectivity index (χ2n) is 8.74. The Bertz CT molecular complexity index is 750. The van der Waals surface area contributed by atoms with Crippen molar-refractivity contribution in [1.29, 1.82) is 0 Å². The second kappa shape index (κ2) is 11.2. The van der Waals surface area contributed by atoms with Crippen molar-refractivity contribution in [1.82, 2.24) is 20.6 Å². The van der Waals surface area contributed by atoms with Crippen LogP contribution in [0.5, 0.6) is 0 Å². The Labute approximate surface area is 191 Å². The van der Waals surface area contributed by atoms with Crippen molar-refractivity contribution in [3.05, 3.63) is 30.1 Å². The van der Waals surface area contributed by atoms with Gasteiger partial charge in [-0.1, -0.05) is 32.9 Å². The first-order chi connectivity index (χ1) is 13.5. The highest BCUT2D eigenvalue weighted by molar-refractivity contribution is 14.0. The Morgan fingerprint density at radius 2 is 2.07 bits per heavy atom. The van der Waals surface area contributed by atoms with Crippen LogP contribution >= 0.6 is 24.0 Å². The molecule has 7 heteroatoms. The molecule has 162 valence electrons. The SMILES string of the molecule is CN=C(NCCCc1nc2ccccc2[nH]1)NCC1CCCOC1C(C)(C)C.I. The van der Waals surface area contributed by atoms with Gasteiger partial charge in [-0.25, -0.2) is 4.98 Å². The summed E-state index contributed by atoms with van der Waals surface area (Å²) in [5, 5.41) is 6.92. The summed E-state index contributed by atoms with van der Waals surface area (Å²) in [5.41, 5.74) is 2.30. The van der Waals surface area contributed by atoms with Gasteiger partial charge in [-0.2, -0.15) is 0 Å². The number of aromatic amines is 1. The van der Waals surface area contributed by atoms with Gasteiger partial charge < -0.3 is 20.4 Å². The number of halogens is 1. The summed E-state index contributed by atoms with van der Waals surface area (Å²) in [6.07, 6.45) is 4.55. The molecule has 0 aliphatic carbocycles. The molecule has 1 aliphatic rings. The zero-order chi connectivity index (χ0) is 20.0. The van der Waals surface area contributed by atoms with Crippen molar-refractivity contribution in [3.8, 4) is 0 Å². The smallest absolute Gasteiger partial charge is 0.190 e. The van der Waals surface area contributed by atoms with Crippen LogP contribution in [0.1, 0.15) is 45.9 Å². The van der Waals surface area contributed by atoms with Gasteiger partial charge in [0.25, 0.3) is 0 Å². The molecular weight excluding hydrogens is 477 g/mol. The van der Waals surface area contributed by atoms with E-state index in [2.05, 4.69) is 52.4 Å². The van der Waals surface area contributed by atoms with Crippen molar-refractivity contribution in [2.45, 2.75) is 52.6 Å². The fourth-order valence-electron chi connectivity index (χ4n) is 4.04. The lowest BCUT2D eigenvalue weighted by molar-refractivity contribution is -0.0835. The molecule has 2 atom stereocenters. The van der Waals surface area contributed by atoms with Crippen LogP contribution in [0.2, 0.25) is 0 Å². The molecule has 29 heavy (non-hydrogen) atoms. The quantitative estimate of drug-likeness (QED) is 0.235. The molecule has 2 unspecified atom stereocenters. The third-order valence-electron chi connectivity index (χ3n) is 5.37. The molecule has 0 bridgehead atoms. The maximum Gasteiger partial charge on any atom is 0.190 e. The number of para-hydroxylation sites is 2. The number of guanidine groups is 1. The van der Waals surface area contributed by atoms with E-state index in [1.165, 1.54) is 6.42 Å². The first-order valence-electron chi connectivity index (χ1n) is 10.5. The van der Waals surface area contributed by atoms with Gasteiger partial charge in [0.1, 0.15) is 5.82 Å². The van der Waals surface area contributed by atoms with Gasteiger partial charge in [-0.3, -0.25) is 4.99 Å². The number of H-pyrrole nitrogens is 1. The fraction of sp³-hybridized carbons (Fsp3) is 0.636. The first-order valence-corrected chi connectivity index (χ1v) is 10.5. The normalized spacial score (nSPS) is 20.3. The van der Waals surface area contributed by atoms with E-state index in [9.17, 15) is 0 Å². The van der Waals surface area contributed by atoms with E-state index in [1.807, 2.05) is 25.2 Å². The van der Waals surface area contributed by atoms with E-state index < -0.39 is 0 Å². The average molecular weight is 513 g/mol. The highest BCUT2D eigenvalue weighted by atomic mass is 127. The van der Waals surface area contributed by atoms with Gasteiger partial charge >= 0.3 is 0 Å². The number of nitrogens with zero attached hydrogens (tertiary/aromatic N) is 2. The third-order valence-corrected chi connectivity index (χ3v) is 5.37. The van der Waals surface area contributed by atoms with Crippen molar-refractivity contribution in [3.63, 3.8) is 0 Å². The molecule has 2 aromatic rings. The molecule has 0 amide bonds. The Balaban J connectivity index is 0.00000300. The number of aryl methyl sites for hydroxylation is 1. The van der Waals surface area contributed by atoms with Gasteiger partial charge in [0.2, 0.25) is 0 Å². The Kier molecular flexibility index (Phi) is 9.20.